The lowest BCUT2D eigenvalue weighted by Crippen LogP contribution is -2.27. The monoisotopic (exact) mass is 374 g/mol. The van der Waals surface area contributed by atoms with Crippen LogP contribution < -0.4 is 10.0 Å². The van der Waals surface area contributed by atoms with Crippen molar-refractivity contribution in [2.24, 2.45) is 0 Å². The number of anilines is 1. The van der Waals surface area contributed by atoms with E-state index in [0.717, 1.165) is 12.0 Å². The van der Waals surface area contributed by atoms with Crippen LogP contribution in [0.1, 0.15) is 18.4 Å². The molecule has 1 amide bonds. The predicted molar refractivity (Wildman–Crippen MR) is 99.4 cm³/mol. The molecule has 1 unspecified atom stereocenters. The highest BCUT2D eigenvalue weighted by atomic mass is 32.2. The van der Waals surface area contributed by atoms with Gasteiger partial charge in [0, 0.05) is 18.8 Å². The molecule has 6 nitrogen and oxygen atoms in total. The molecular formula is C19H22N2O4S. The fraction of sp³-hybridized carbons (Fsp3) is 0.316. The first-order valence-corrected chi connectivity index (χ1v) is 10.1. The molecule has 0 aromatic heterocycles. The van der Waals surface area contributed by atoms with Gasteiger partial charge in [-0.05, 0) is 49.1 Å². The van der Waals surface area contributed by atoms with Crippen molar-refractivity contribution in [3.63, 3.8) is 0 Å². The van der Waals surface area contributed by atoms with Gasteiger partial charge >= 0.3 is 0 Å². The van der Waals surface area contributed by atoms with Gasteiger partial charge in [-0.1, -0.05) is 30.3 Å². The van der Waals surface area contributed by atoms with E-state index in [0.29, 0.717) is 31.7 Å². The number of rotatable bonds is 7. The molecule has 0 radical (unpaired) electrons. The molecule has 0 saturated carbocycles. The molecule has 138 valence electrons. The lowest BCUT2D eigenvalue weighted by atomic mass is 10.2. The maximum absolute atomic E-state index is 12.3. The normalized spacial score (nSPS) is 17.2. The van der Waals surface area contributed by atoms with Gasteiger partial charge in [-0.15, -0.1) is 0 Å². The summed E-state index contributed by atoms with van der Waals surface area (Å²) in [6.45, 7) is 0.924. The molecule has 1 fully saturated rings. The van der Waals surface area contributed by atoms with Crippen molar-refractivity contribution in [1.82, 2.24) is 4.72 Å². The van der Waals surface area contributed by atoms with Crippen LogP contribution in [0.3, 0.4) is 0 Å². The number of sulfonamides is 1. The van der Waals surface area contributed by atoms with Gasteiger partial charge < -0.3 is 10.1 Å². The van der Waals surface area contributed by atoms with Gasteiger partial charge in [-0.3, -0.25) is 4.79 Å². The SMILES string of the molecule is O=C(Nc1ccc(S(=O)(=O)NCCc2ccccc2)cc1)C1CCCO1. The molecule has 1 atom stereocenters. The second-order valence-corrected chi connectivity index (χ2v) is 7.92. The average Bonchev–Trinajstić information content (AvgIpc) is 3.18. The number of carbonyl (C=O) groups is 1. The smallest absolute Gasteiger partial charge is 0.253 e. The van der Waals surface area contributed by atoms with Crippen molar-refractivity contribution in [3.8, 4) is 0 Å². The van der Waals surface area contributed by atoms with Crippen LogP contribution in [0.2, 0.25) is 0 Å². The maximum atomic E-state index is 12.3. The summed E-state index contributed by atoms with van der Waals surface area (Å²) >= 11 is 0. The van der Waals surface area contributed by atoms with E-state index in [2.05, 4.69) is 10.0 Å². The molecule has 7 heteroatoms. The first kappa shape index (κ1) is 18.6. The van der Waals surface area contributed by atoms with E-state index in [9.17, 15) is 13.2 Å². The molecule has 1 aliphatic heterocycles. The third-order valence-corrected chi connectivity index (χ3v) is 5.68. The molecule has 0 bridgehead atoms. The van der Waals surface area contributed by atoms with E-state index in [1.54, 1.807) is 12.1 Å². The van der Waals surface area contributed by atoms with Crippen molar-refractivity contribution in [1.29, 1.82) is 0 Å². The predicted octanol–water partition coefficient (Wildman–Crippen LogP) is 2.33. The highest BCUT2D eigenvalue weighted by molar-refractivity contribution is 7.89. The molecule has 3 rings (SSSR count). The third kappa shape index (κ3) is 4.91. The third-order valence-electron chi connectivity index (χ3n) is 4.20. The molecule has 2 aromatic rings. The Morgan fingerprint density at radius 1 is 1.08 bits per heavy atom. The van der Waals surface area contributed by atoms with Gasteiger partial charge in [0.15, 0.2) is 0 Å². The summed E-state index contributed by atoms with van der Waals surface area (Å²) < 4.78 is 32.6. The number of carbonyl (C=O) groups excluding carboxylic acids is 1. The van der Waals surface area contributed by atoms with E-state index < -0.39 is 16.1 Å². The Kier molecular flexibility index (Phi) is 6.03. The fourth-order valence-corrected chi connectivity index (χ4v) is 3.81. The Hall–Kier alpha value is -2.22. The van der Waals surface area contributed by atoms with Crippen LogP contribution in [0, 0.1) is 0 Å². The zero-order chi connectivity index (χ0) is 18.4. The van der Waals surface area contributed by atoms with E-state index >= 15 is 0 Å². The summed E-state index contributed by atoms with van der Waals surface area (Å²) in [6, 6.07) is 15.8. The molecular weight excluding hydrogens is 352 g/mol. The van der Waals surface area contributed by atoms with Gasteiger partial charge in [-0.2, -0.15) is 0 Å². The number of amides is 1. The summed E-state index contributed by atoms with van der Waals surface area (Å²) in [7, 11) is -3.58. The molecule has 0 spiro atoms. The molecule has 26 heavy (non-hydrogen) atoms. The first-order valence-electron chi connectivity index (χ1n) is 8.61. The molecule has 1 heterocycles. The molecule has 1 saturated heterocycles. The second-order valence-electron chi connectivity index (χ2n) is 6.15. The first-order chi connectivity index (χ1) is 12.5. The minimum atomic E-state index is -3.58. The van der Waals surface area contributed by atoms with Crippen LogP contribution in [-0.4, -0.2) is 33.6 Å². The largest absolute Gasteiger partial charge is 0.368 e. The zero-order valence-electron chi connectivity index (χ0n) is 14.4. The van der Waals surface area contributed by atoms with E-state index in [-0.39, 0.29) is 10.8 Å². The number of ether oxygens (including phenoxy) is 1. The zero-order valence-corrected chi connectivity index (χ0v) is 15.2. The van der Waals surface area contributed by atoms with Crippen LogP contribution in [0.25, 0.3) is 0 Å². The van der Waals surface area contributed by atoms with Gasteiger partial charge in [0.05, 0.1) is 4.90 Å². The van der Waals surface area contributed by atoms with Gasteiger partial charge in [-0.25, -0.2) is 13.1 Å². The van der Waals surface area contributed by atoms with E-state index in [1.807, 2.05) is 30.3 Å². The molecule has 0 aliphatic carbocycles. The summed E-state index contributed by atoms with van der Waals surface area (Å²) in [6.07, 6.45) is 1.79. The Morgan fingerprint density at radius 2 is 1.81 bits per heavy atom. The average molecular weight is 374 g/mol. The molecule has 2 N–H and O–H groups in total. The standard InChI is InChI=1S/C19H22N2O4S/c22-19(18-7-4-14-25-18)21-16-8-10-17(11-9-16)26(23,24)20-13-12-15-5-2-1-3-6-15/h1-3,5-6,8-11,18,20H,4,7,12-14H2,(H,21,22). The summed E-state index contributed by atoms with van der Waals surface area (Å²) in [5.41, 5.74) is 1.62. The minimum absolute atomic E-state index is 0.167. The van der Waals surface area contributed by atoms with Crippen LogP contribution in [-0.2, 0) is 26.0 Å². The highest BCUT2D eigenvalue weighted by Gasteiger charge is 2.23. The fourth-order valence-electron chi connectivity index (χ4n) is 2.78. The van der Waals surface area contributed by atoms with E-state index in [1.165, 1.54) is 12.1 Å². The lowest BCUT2D eigenvalue weighted by molar-refractivity contribution is -0.124. The number of benzene rings is 2. The van der Waals surface area contributed by atoms with Crippen LogP contribution >= 0.6 is 0 Å². The summed E-state index contributed by atoms with van der Waals surface area (Å²) in [5.74, 6) is -0.195. The molecule has 2 aromatic carbocycles. The Labute approximate surface area is 153 Å². The number of nitrogens with one attached hydrogen (secondary N) is 2. The number of hydrogen-bond acceptors (Lipinski definition) is 4. The van der Waals surface area contributed by atoms with Crippen molar-refractivity contribution in [3.05, 3.63) is 60.2 Å². The van der Waals surface area contributed by atoms with E-state index in [4.69, 9.17) is 4.74 Å². The lowest BCUT2D eigenvalue weighted by Gasteiger charge is -2.11. The second kappa shape index (κ2) is 8.44. The number of hydrogen-bond donors (Lipinski definition) is 2. The van der Waals surface area contributed by atoms with Crippen molar-refractivity contribution in [2.45, 2.75) is 30.3 Å². The minimum Gasteiger partial charge on any atom is -0.368 e. The Bertz CT molecular complexity index is 830. The quantitative estimate of drug-likeness (QED) is 0.779. The van der Waals surface area contributed by atoms with Crippen molar-refractivity contribution >= 4 is 21.6 Å². The summed E-state index contributed by atoms with van der Waals surface area (Å²) in [5, 5.41) is 2.75. The van der Waals surface area contributed by atoms with Crippen LogP contribution in [0.5, 0.6) is 0 Å². The van der Waals surface area contributed by atoms with Gasteiger partial charge in [0.2, 0.25) is 10.0 Å². The molecule has 1 aliphatic rings. The van der Waals surface area contributed by atoms with Crippen molar-refractivity contribution < 1.29 is 17.9 Å². The highest BCUT2D eigenvalue weighted by Crippen LogP contribution is 2.17. The van der Waals surface area contributed by atoms with Gasteiger partial charge in [0.25, 0.3) is 5.91 Å². The van der Waals surface area contributed by atoms with Crippen molar-refractivity contribution in [2.75, 3.05) is 18.5 Å². The topological polar surface area (TPSA) is 84.5 Å². The van der Waals surface area contributed by atoms with Crippen LogP contribution in [0.4, 0.5) is 5.69 Å². The Morgan fingerprint density at radius 3 is 2.46 bits per heavy atom. The van der Waals surface area contributed by atoms with Gasteiger partial charge in [0.1, 0.15) is 6.10 Å². The van der Waals surface area contributed by atoms with Crippen LogP contribution in [0.15, 0.2) is 59.5 Å². The summed E-state index contributed by atoms with van der Waals surface area (Å²) in [4.78, 5) is 12.2. The maximum Gasteiger partial charge on any atom is 0.253 e. The Balaban J connectivity index is 1.55.